The summed E-state index contributed by atoms with van der Waals surface area (Å²) in [5, 5.41) is 0. The summed E-state index contributed by atoms with van der Waals surface area (Å²) in [7, 11) is -0.400. The van der Waals surface area contributed by atoms with Crippen molar-refractivity contribution in [3.63, 3.8) is 0 Å². The van der Waals surface area contributed by atoms with Crippen LogP contribution in [0.15, 0.2) is 36.0 Å². The monoisotopic (exact) mass is 182 g/mol. The van der Waals surface area contributed by atoms with Crippen LogP contribution in [0.5, 0.6) is 0 Å². The molecule has 0 N–H and O–H groups in total. The van der Waals surface area contributed by atoms with E-state index >= 15 is 0 Å². The van der Waals surface area contributed by atoms with Crippen molar-refractivity contribution in [2.75, 3.05) is 0 Å². The molecule has 1 rings (SSSR count). The zero-order valence-electron chi connectivity index (χ0n) is 6.37. The molecule has 0 aliphatic carbocycles. The van der Waals surface area contributed by atoms with E-state index in [2.05, 4.69) is 0 Å². The molecule has 0 spiro atoms. The van der Waals surface area contributed by atoms with Crippen LogP contribution in [0.2, 0.25) is 0 Å². The van der Waals surface area contributed by atoms with E-state index in [-0.39, 0.29) is 0 Å². The molecule has 0 aliphatic rings. The molecule has 0 unspecified atom stereocenters. The van der Waals surface area contributed by atoms with E-state index in [1.807, 2.05) is 30.3 Å². The average molecular weight is 182 g/mol. The Bertz CT molecular complexity index is 244. The fraction of sp³-hybridized carbons (Fsp3) is 0.111. The normalized spacial score (nSPS) is 11.2. The third kappa shape index (κ3) is 3.43. The molecule has 0 aliphatic heterocycles. The van der Waals surface area contributed by atoms with Gasteiger partial charge < -0.3 is 0 Å². The maximum absolute atomic E-state index is 11.7. The van der Waals surface area contributed by atoms with Gasteiger partial charge in [-0.2, -0.15) is 0 Å². The molecule has 0 saturated carbocycles. The summed E-state index contributed by atoms with van der Waals surface area (Å²) in [6.07, 6.45) is 1.71. The molecule has 0 heterocycles. The van der Waals surface area contributed by atoms with E-state index in [0.29, 0.717) is 0 Å². The average Bonchev–Trinajstić information content (AvgIpc) is 2.05. The standard InChI is InChI=1S/C9H8F2Si/c10-9(11)12-7-6-8-4-2-1-3-5-8/h1-7,9H. The van der Waals surface area contributed by atoms with Gasteiger partial charge in [-0.25, -0.2) is 8.78 Å². The molecule has 62 valence electrons. The molecule has 12 heavy (non-hydrogen) atoms. The van der Waals surface area contributed by atoms with E-state index in [9.17, 15) is 8.78 Å². The number of hydrogen-bond acceptors (Lipinski definition) is 0. The van der Waals surface area contributed by atoms with Crippen LogP contribution in [0.1, 0.15) is 5.56 Å². The first-order chi connectivity index (χ1) is 5.79. The summed E-state index contributed by atoms with van der Waals surface area (Å²) in [6.45, 7) is 0. The smallest absolute Gasteiger partial charge is 0.216 e. The summed E-state index contributed by atoms with van der Waals surface area (Å²) in [4.78, 5) is 0. The Labute approximate surface area is 72.7 Å². The predicted molar refractivity (Wildman–Crippen MR) is 47.2 cm³/mol. The lowest BCUT2D eigenvalue weighted by Crippen LogP contribution is -1.99. The highest BCUT2D eigenvalue weighted by Gasteiger charge is 1.98. The lowest BCUT2D eigenvalue weighted by Gasteiger charge is -1.90. The number of rotatable bonds is 3. The molecule has 0 bridgehead atoms. The van der Waals surface area contributed by atoms with Crippen molar-refractivity contribution >= 4 is 15.6 Å². The Kier molecular flexibility index (Phi) is 3.67. The van der Waals surface area contributed by atoms with E-state index < -0.39 is 15.6 Å². The molecule has 3 heteroatoms. The van der Waals surface area contributed by atoms with Crippen LogP contribution in [-0.4, -0.2) is 15.6 Å². The predicted octanol–water partition coefficient (Wildman–Crippen LogP) is 2.58. The first-order valence-electron chi connectivity index (χ1n) is 3.55. The second kappa shape index (κ2) is 4.82. The van der Waals surface area contributed by atoms with Crippen LogP contribution in [-0.2, 0) is 0 Å². The Morgan fingerprint density at radius 3 is 2.42 bits per heavy atom. The fourth-order valence-corrected chi connectivity index (χ4v) is 1.22. The molecule has 2 radical (unpaired) electrons. The van der Waals surface area contributed by atoms with Crippen molar-refractivity contribution in [2.45, 2.75) is 6.05 Å². The van der Waals surface area contributed by atoms with Crippen LogP contribution in [0.3, 0.4) is 0 Å². The Hall–Kier alpha value is -0.963. The third-order valence-corrected chi connectivity index (χ3v) is 1.91. The minimum Gasteiger partial charge on any atom is -0.216 e. The first kappa shape index (κ1) is 9.13. The largest absolute Gasteiger partial charge is 0.221 e. The molecule has 0 saturated heterocycles. The van der Waals surface area contributed by atoms with Crippen molar-refractivity contribution in [3.05, 3.63) is 41.6 Å². The molecule has 1 aromatic rings. The van der Waals surface area contributed by atoms with Gasteiger partial charge in [0.25, 0.3) is 0 Å². The summed E-state index contributed by atoms with van der Waals surface area (Å²) >= 11 is 0. The lowest BCUT2D eigenvalue weighted by molar-refractivity contribution is 0.239. The zero-order chi connectivity index (χ0) is 8.81. The molecule has 0 nitrogen and oxygen atoms in total. The molecule has 0 fully saturated rings. The Morgan fingerprint density at radius 1 is 1.17 bits per heavy atom. The highest BCUT2D eigenvalue weighted by atomic mass is 28.2. The summed E-state index contributed by atoms with van der Waals surface area (Å²) in [5.41, 5.74) is 2.48. The van der Waals surface area contributed by atoms with Gasteiger partial charge in [-0.05, 0) is 5.56 Å². The molecular formula is C9H8F2Si. The van der Waals surface area contributed by atoms with Crippen LogP contribution < -0.4 is 0 Å². The maximum Gasteiger partial charge on any atom is 0.221 e. The van der Waals surface area contributed by atoms with Gasteiger partial charge in [0.15, 0.2) is 9.52 Å². The van der Waals surface area contributed by atoms with Gasteiger partial charge in [0.1, 0.15) is 0 Å². The van der Waals surface area contributed by atoms with Crippen molar-refractivity contribution < 1.29 is 8.78 Å². The van der Waals surface area contributed by atoms with Gasteiger partial charge in [0.05, 0.1) is 0 Å². The van der Waals surface area contributed by atoms with E-state index in [4.69, 9.17) is 0 Å². The van der Waals surface area contributed by atoms with Crippen LogP contribution >= 0.6 is 0 Å². The first-order valence-corrected chi connectivity index (χ1v) is 4.70. The summed E-state index contributed by atoms with van der Waals surface area (Å²) < 4.78 is 23.4. The lowest BCUT2D eigenvalue weighted by atomic mass is 10.2. The van der Waals surface area contributed by atoms with Crippen molar-refractivity contribution in [2.24, 2.45) is 0 Å². The molecule has 1 aromatic carbocycles. The van der Waals surface area contributed by atoms with Gasteiger partial charge in [-0.15, -0.1) is 0 Å². The second-order valence-electron chi connectivity index (χ2n) is 2.21. The van der Waals surface area contributed by atoms with Gasteiger partial charge in [-0.1, -0.05) is 42.1 Å². The Morgan fingerprint density at radius 2 is 1.83 bits per heavy atom. The maximum atomic E-state index is 11.7. The van der Waals surface area contributed by atoms with Gasteiger partial charge in [0.2, 0.25) is 6.05 Å². The van der Waals surface area contributed by atoms with Crippen molar-refractivity contribution in [3.8, 4) is 0 Å². The highest BCUT2D eigenvalue weighted by Crippen LogP contribution is 2.00. The minimum absolute atomic E-state index is 0.400. The van der Waals surface area contributed by atoms with Crippen LogP contribution in [0, 0.1) is 0 Å². The number of hydrogen-bond donors (Lipinski definition) is 0. The van der Waals surface area contributed by atoms with Crippen LogP contribution in [0.4, 0.5) is 8.78 Å². The Balaban J connectivity index is 2.47. The van der Waals surface area contributed by atoms with Gasteiger partial charge >= 0.3 is 0 Å². The van der Waals surface area contributed by atoms with Gasteiger partial charge in [0, 0.05) is 0 Å². The fourth-order valence-electron chi connectivity index (χ4n) is 0.781. The molecule has 0 atom stereocenters. The number of halogens is 2. The van der Waals surface area contributed by atoms with E-state index in [1.165, 1.54) is 5.70 Å². The summed E-state index contributed by atoms with van der Waals surface area (Å²) in [6, 6.07) is 7.20. The second-order valence-corrected chi connectivity index (χ2v) is 3.31. The molecule has 0 aromatic heterocycles. The third-order valence-electron chi connectivity index (χ3n) is 1.30. The zero-order valence-corrected chi connectivity index (χ0v) is 7.37. The molecular weight excluding hydrogens is 174 g/mol. The quantitative estimate of drug-likeness (QED) is 0.630. The molecule has 0 amide bonds. The van der Waals surface area contributed by atoms with E-state index in [1.54, 1.807) is 6.08 Å². The van der Waals surface area contributed by atoms with Crippen molar-refractivity contribution in [1.29, 1.82) is 0 Å². The summed E-state index contributed by atoms with van der Waals surface area (Å²) in [5.74, 6) is 0. The minimum atomic E-state index is -2.22. The van der Waals surface area contributed by atoms with Crippen LogP contribution in [0.25, 0.3) is 6.08 Å². The highest BCUT2D eigenvalue weighted by molar-refractivity contribution is 6.44. The van der Waals surface area contributed by atoms with Crippen molar-refractivity contribution in [1.82, 2.24) is 0 Å². The topological polar surface area (TPSA) is 0 Å². The number of alkyl halides is 2. The SMILES string of the molecule is FC(F)[Si]C=Cc1ccccc1. The number of benzene rings is 1. The van der Waals surface area contributed by atoms with Gasteiger partial charge in [-0.3, -0.25) is 0 Å². The van der Waals surface area contributed by atoms with E-state index in [0.717, 1.165) is 5.56 Å².